The van der Waals surface area contributed by atoms with Crippen molar-refractivity contribution in [2.45, 2.75) is 23.7 Å². The first-order chi connectivity index (χ1) is 12.1. The lowest BCUT2D eigenvalue weighted by molar-refractivity contribution is 0.0901. The van der Waals surface area contributed by atoms with Crippen LogP contribution in [0.3, 0.4) is 0 Å². The van der Waals surface area contributed by atoms with Crippen LogP contribution < -0.4 is 5.32 Å². The van der Waals surface area contributed by atoms with Crippen molar-refractivity contribution in [2.75, 3.05) is 6.54 Å². The summed E-state index contributed by atoms with van der Waals surface area (Å²) in [7, 11) is 0. The molecule has 130 valence electrons. The predicted octanol–water partition coefficient (Wildman–Crippen LogP) is 3.80. The number of carbonyl (C=O) groups is 1. The second-order valence-corrected chi connectivity index (χ2v) is 7.52. The van der Waals surface area contributed by atoms with E-state index in [0.717, 1.165) is 21.3 Å². The minimum atomic E-state index is -0.852. The fourth-order valence-corrected chi connectivity index (χ4v) is 3.72. The number of benzene rings is 1. The Balaban J connectivity index is 1.50. The number of aliphatic hydroxyl groups is 1. The molecule has 0 aliphatic heterocycles. The normalized spacial score (nSPS) is 12.1. The van der Waals surface area contributed by atoms with E-state index >= 15 is 0 Å². The summed E-state index contributed by atoms with van der Waals surface area (Å²) in [4.78, 5) is 17.7. The molecule has 7 heteroatoms. The van der Waals surface area contributed by atoms with E-state index in [4.69, 9.17) is 4.42 Å². The number of nitrogens with zero attached hydrogens (tertiary/aromatic N) is 1. The third-order valence-electron chi connectivity index (χ3n) is 3.50. The van der Waals surface area contributed by atoms with Crippen LogP contribution in [-0.2, 0) is 5.75 Å². The summed E-state index contributed by atoms with van der Waals surface area (Å²) in [6.45, 7) is 2.10. The second kappa shape index (κ2) is 8.33. The lowest BCUT2D eigenvalue weighted by Gasteiger charge is -2.10. The van der Waals surface area contributed by atoms with E-state index in [1.807, 2.05) is 19.1 Å². The molecule has 1 unspecified atom stereocenters. The highest BCUT2D eigenvalue weighted by Gasteiger charge is 2.13. The highest BCUT2D eigenvalue weighted by atomic mass is 32.2. The number of aromatic nitrogens is 1. The SMILES string of the molecule is Cc1nc(CSc2ccc(C(=O)NCC(O)c3ccco3)cc2)cs1. The third kappa shape index (κ3) is 4.94. The van der Waals surface area contributed by atoms with Gasteiger partial charge < -0.3 is 14.8 Å². The minimum absolute atomic E-state index is 0.103. The van der Waals surface area contributed by atoms with Crippen LogP contribution in [0, 0.1) is 6.92 Å². The maximum absolute atomic E-state index is 12.1. The van der Waals surface area contributed by atoms with E-state index in [9.17, 15) is 9.90 Å². The van der Waals surface area contributed by atoms with Gasteiger partial charge in [0.2, 0.25) is 0 Å². The molecule has 1 atom stereocenters. The number of thioether (sulfide) groups is 1. The zero-order valence-corrected chi connectivity index (χ0v) is 15.3. The Hall–Kier alpha value is -2.09. The third-order valence-corrected chi connectivity index (χ3v) is 5.37. The van der Waals surface area contributed by atoms with Gasteiger partial charge in [-0.1, -0.05) is 0 Å². The van der Waals surface area contributed by atoms with Gasteiger partial charge >= 0.3 is 0 Å². The van der Waals surface area contributed by atoms with Gasteiger partial charge in [0.15, 0.2) is 0 Å². The molecule has 0 aliphatic rings. The van der Waals surface area contributed by atoms with Crippen molar-refractivity contribution < 1.29 is 14.3 Å². The lowest BCUT2D eigenvalue weighted by Crippen LogP contribution is -2.28. The van der Waals surface area contributed by atoms with Crippen LogP contribution >= 0.6 is 23.1 Å². The second-order valence-electron chi connectivity index (χ2n) is 5.41. The summed E-state index contributed by atoms with van der Waals surface area (Å²) in [5, 5.41) is 15.7. The van der Waals surface area contributed by atoms with Gasteiger partial charge in [-0.25, -0.2) is 4.98 Å². The van der Waals surface area contributed by atoms with Crippen LogP contribution in [0.15, 0.2) is 57.4 Å². The molecule has 0 radical (unpaired) electrons. The number of hydrogen-bond acceptors (Lipinski definition) is 6. The van der Waals surface area contributed by atoms with Gasteiger partial charge in [-0.15, -0.1) is 23.1 Å². The van der Waals surface area contributed by atoms with Crippen molar-refractivity contribution in [1.82, 2.24) is 10.3 Å². The molecule has 0 spiro atoms. The Morgan fingerprint density at radius 3 is 2.80 bits per heavy atom. The summed E-state index contributed by atoms with van der Waals surface area (Å²) in [6, 6.07) is 10.8. The summed E-state index contributed by atoms with van der Waals surface area (Å²) in [5.74, 6) is 1.02. The van der Waals surface area contributed by atoms with E-state index in [1.165, 1.54) is 6.26 Å². The lowest BCUT2D eigenvalue weighted by atomic mass is 10.2. The Morgan fingerprint density at radius 2 is 2.16 bits per heavy atom. The van der Waals surface area contributed by atoms with Crippen molar-refractivity contribution in [1.29, 1.82) is 0 Å². The maximum Gasteiger partial charge on any atom is 0.251 e. The number of nitrogens with one attached hydrogen (secondary N) is 1. The van der Waals surface area contributed by atoms with Crippen molar-refractivity contribution in [3.05, 3.63) is 70.1 Å². The molecule has 0 saturated heterocycles. The number of amides is 1. The van der Waals surface area contributed by atoms with Crippen LogP contribution in [0.5, 0.6) is 0 Å². The number of aliphatic hydroxyl groups excluding tert-OH is 1. The van der Waals surface area contributed by atoms with Crippen molar-refractivity contribution in [3.8, 4) is 0 Å². The average molecular weight is 374 g/mol. The van der Waals surface area contributed by atoms with E-state index in [2.05, 4.69) is 15.7 Å². The zero-order valence-electron chi connectivity index (χ0n) is 13.6. The van der Waals surface area contributed by atoms with Gasteiger partial charge in [-0.05, 0) is 43.3 Å². The highest BCUT2D eigenvalue weighted by Crippen LogP contribution is 2.24. The molecule has 1 aromatic carbocycles. The molecule has 3 rings (SSSR count). The van der Waals surface area contributed by atoms with Gasteiger partial charge in [-0.3, -0.25) is 4.79 Å². The molecule has 0 aliphatic carbocycles. The molecule has 2 N–H and O–H groups in total. The van der Waals surface area contributed by atoms with Gasteiger partial charge in [0, 0.05) is 21.6 Å². The average Bonchev–Trinajstić information content (AvgIpc) is 3.30. The van der Waals surface area contributed by atoms with Gasteiger partial charge in [0.05, 0.1) is 23.5 Å². The largest absolute Gasteiger partial charge is 0.467 e. The number of rotatable bonds is 7. The van der Waals surface area contributed by atoms with Crippen LogP contribution in [0.4, 0.5) is 0 Å². The Kier molecular flexibility index (Phi) is 5.91. The van der Waals surface area contributed by atoms with E-state index in [0.29, 0.717) is 11.3 Å². The monoisotopic (exact) mass is 374 g/mol. The number of aryl methyl sites for hydroxylation is 1. The van der Waals surface area contributed by atoms with Crippen molar-refractivity contribution in [2.24, 2.45) is 0 Å². The van der Waals surface area contributed by atoms with Crippen LogP contribution in [-0.4, -0.2) is 22.5 Å². The van der Waals surface area contributed by atoms with Crippen LogP contribution in [0.25, 0.3) is 0 Å². The van der Waals surface area contributed by atoms with Gasteiger partial charge in [-0.2, -0.15) is 0 Å². The Morgan fingerprint density at radius 1 is 1.36 bits per heavy atom. The van der Waals surface area contributed by atoms with Crippen LogP contribution in [0.2, 0.25) is 0 Å². The number of carbonyl (C=O) groups excluding carboxylic acids is 1. The fraction of sp³-hybridized carbons (Fsp3) is 0.222. The summed E-state index contributed by atoms with van der Waals surface area (Å²) >= 11 is 3.33. The molecule has 1 amide bonds. The summed E-state index contributed by atoms with van der Waals surface area (Å²) < 4.78 is 5.11. The van der Waals surface area contributed by atoms with Gasteiger partial charge in [0.25, 0.3) is 5.91 Å². The Labute approximate surface area is 154 Å². The van der Waals surface area contributed by atoms with Crippen molar-refractivity contribution in [3.63, 3.8) is 0 Å². The summed E-state index contributed by atoms with van der Waals surface area (Å²) in [5.41, 5.74) is 1.63. The molecule has 0 saturated carbocycles. The highest BCUT2D eigenvalue weighted by molar-refractivity contribution is 7.98. The molecule has 0 fully saturated rings. The molecule has 2 heterocycles. The quantitative estimate of drug-likeness (QED) is 0.615. The molecule has 0 bridgehead atoms. The fourth-order valence-electron chi connectivity index (χ4n) is 2.21. The maximum atomic E-state index is 12.1. The van der Waals surface area contributed by atoms with E-state index < -0.39 is 6.10 Å². The molecule has 5 nitrogen and oxygen atoms in total. The van der Waals surface area contributed by atoms with E-state index in [1.54, 1.807) is 47.4 Å². The molecule has 2 aromatic heterocycles. The number of thiazole rings is 1. The van der Waals surface area contributed by atoms with Crippen LogP contribution in [0.1, 0.15) is 32.9 Å². The van der Waals surface area contributed by atoms with E-state index in [-0.39, 0.29) is 12.5 Å². The summed E-state index contributed by atoms with van der Waals surface area (Å²) in [6.07, 6.45) is 0.638. The minimum Gasteiger partial charge on any atom is -0.467 e. The molecular weight excluding hydrogens is 356 g/mol. The van der Waals surface area contributed by atoms with Gasteiger partial charge in [0.1, 0.15) is 11.9 Å². The first-order valence-corrected chi connectivity index (χ1v) is 9.62. The predicted molar refractivity (Wildman–Crippen MR) is 98.9 cm³/mol. The molecule has 25 heavy (non-hydrogen) atoms. The number of hydrogen-bond donors (Lipinski definition) is 2. The molecule has 3 aromatic rings. The topological polar surface area (TPSA) is 75.4 Å². The first kappa shape index (κ1) is 17.7. The Bertz CT molecular complexity index is 813. The zero-order chi connectivity index (χ0) is 17.6. The standard InChI is InChI=1S/C18H18N2O3S2/c1-12-20-14(10-24-12)11-25-15-6-4-13(5-7-15)18(22)19-9-16(21)17-3-2-8-23-17/h2-8,10,16,21H,9,11H2,1H3,(H,19,22). The molecular formula is C18H18N2O3S2. The number of furan rings is 1. The smallest absolute Gasteiger partial charge is 0.251 e. The van der Waals surface area contributed by atoms with Crippen molar-refractivity contribution >= 4 is 29.0 Å². The first-order valence-electron chi connectivity index (χ1n) is 7.75.